The summed E-state index contributed by atoms with van der Waals surface area (Å²) in [5.74, 6) is -0.605. The molecule has 4 aromatic carbocycles. The highest BCUT2D eigenvalue weighted by molar-refractivity contribution is 6.13. The number of aromatic nitrogens is 1. The van der Waals surface area contributed by atoms with Crippen LogP contribution in [-0.2, 0) is 12.5 Å². The lowest BCUT2D eigenvalue weighted by atomic mass is 9.87. The van der Waals surface area contributed by atoms with Gasteiger partial charge in [-0.25, -0.2) is 13.3 Å². The molecular formula is C35H30F2NO+. The van der Waals surface area contributed by atoms with Crippen molar-refractivity contribution in [2.75, 3.05) is 0 Å². The van der Waals surface area contributed by atoms with Crippen LogP contribution in [0.3, 0.4) is 0 Å². The summed E-state index contributed by atoms with van der Waals surface area (Å²) >= 11 is 0. The summed E-state index contributed by atoms with van der Waals surface area (Å²) in [6.07, 6.45) is 1.85. The van der Waals surface area contributed by atoms with Gasteiger partial charge in [0.25, 0.3) is 0 Å². The number of furan rings is 1. The van der Waals surface area contributed by atoms with Crippen molar-refractivity contribution in [3.05, 3.63) is 114 Å². The third kappa shape index (κ3) is 4.21. The van der Waals surface area contributed by atoms with E-state index in [9.17, 15) is 0 Å². The van der Waals surface area contributed by atoms with Gasteiger partial charge in [-0.1, -0.05) is 87.5 Å². The van der Waals surface area contributed by atoms with Crippen LogP contribution in [0.2, 0.25) is 0 Å². The Kier molecular flexibility index (Phi) is 5.87. The molecular weight excluding hydrogens is 488 g/mol. The normalized spacial score (nSPS) is 12.0. The van der Waals surface area contributed by atoms with Gasteiger partial charge in [-0.2, -0.15) is 0 Å². The zero-order chi connectivity index (χ0) is 27.5. The third-order valence-electron chi connectivity index (χ3n) is 7.54. The van der Waals surface area contributed by atoms with E-state index in [1.807, 2.05) is 100 Å². The molecule has 0 spiro atoms. The van der Waals surface area contributed by atoms with Gasteiger partial charge in [-0.15, -0.1) is 0 Å². The highest BCUT2D eigenvalue weighted by Gasteiger charge is 2.28. The molecule has 0 bridgehead atoms. The number of rotatable bonds is 3. The molecule has 0 fully saturated rings. The molecule has 0 aliphatic carbocycles. The van der Waals surface area contributed by atoms with Crippen LogP contribution in [0.4, 0.5) is 8.78 Å². The van der Waals surface area contributed by atoms with Crippen molar-refractivity contribution in [3.63, 3.8) is 0 Å². The average molecular weight is 519 g/mol. The maximum atomic E-state index is 15.4. The van der Waals surface area contributed by atoms with Crippen molar-refractivity contribution in [2.24, 2.45) is 7.05 Å². The first-order valence-electron chi connectivity index (χ1n) is 13.1. The van der Waals surface area contributed by atoms with Gasteiger partial charge in [0.2, 0.25) is 5.69 Å². The van der Waals surface area contributed by atoms with Crippen LogP contribution in [0.5, 0.6) is 0 Å². The Balaban J connectivity index is 1.56. The van der Waals surface area contributed by atoms with E-state index >= 15 is 8.78 Å². The Hall–Kier alpha value is -4.31. The van der Waals surface area contributed by atoms with Crippen LogP contribution in [0.1, 0.15) is 31.9 Å². The van der Waals surface area contributed by atoms with Gasteiger partial charge in [0.15, 0.2) is 6.20 Å². The van der Waals surface area contributed by atoms with Crippen molar-refractivity contribution in [1.29, 1.82) is 0 Å². The van der Waals surface area contributed by atoms with Crippen molar-refractivity contribution >= 4 is 21.9 Å². The summed E-state index contributed by atoms with van der Waals surface area (Å²) in [6.45, 7) is 7.98. The molecule has 0 unspecified atom stereocenters. The Bertz CT molecular complexity index is 1860. The van der Waals surface area contributed by atoms with E-state index in [2.05, 4.69) is 12.1 Å². The van der Waals surface area contributed by atoms with Crippen LogP contribution in [-0.4, -0.2) is 0 Å². The standard InChI is InChI=1S/C35H30F2NO/c1-21-11-16-25-26-17-18-28(36)32(24-14-12-23(13-15-24)22-9-7-6-8-10-22)34(26)39-33(25)31(21)30-19-29(37)27(20-38(30)5)35(2,3)4/h6-20H,1-5H3/q+1. The first-order chi connectivity index (χ1) is 18.6. The fourth-order valence-corrected chi connectivity index (χ4v) is 5.45. The lowest BCUT2D eigenvalue weighted by Crippen LogP contribution is -2.34. The molecule has 0 atom stereocenters. The van der Waals surface area contributed by atoms with Gasteiger partial charge in [0, 0.05) is 16.8 Å². The maximum absolute atomic E-state index is 15.4. The van der Waals surface area contributed by atoms with Gasteiger partial charge >= 0.3 is 0 Å². The van der Waals surface area contributed by atoms with Crippen LogP contribution in [0.15, 0.2) is 95.5 Å². The van der Waals surface area contributed by atoms with E-state index in [0.717, 1.165) is 38.6 Å². The van der Waals surface area contributed by atoms with Crippen LogP contribution in [0, 0.1) is 18.6 Å². The lowest BCUT2D eigenvalue weighted by Gasteiger charge is -2.18. The third-order valence-corrected chi connectivity index (χ3v) is 7.54. The SMILES string of the molecule is Cc1ccc2c(oc3c(-c4ccc(-c5ccccc5)cc4)c(F)ccc32)c1-c1cc(F)c(C(C)(C)C)c[n+]1C. The number of hydrogen-bond donors (Lipinski definition) is 0. The number of pyridine rings is 1. The first-order valence-corrected chi connectivity index (χ1v) is 13.1. The second-order valence-corrected chi connectivity index (χ2v) is 11.3. The summed E-state index contributed by atoms with van der Waals surface area (Å²) < 4.78 is 39.2. The monoisotopic (exact) mass is 518 g/mol. The predicted molar refractivity (Wildman–Crippen MR) is 155 cm³/mol. The molecule has 0 N–H and O–H groups in total. The molecule has 0 saturated carbocycles. The largest absolute Gasteiger partial charge is 0.454 e. The molecule has 2 aromatic heterocycles. The number of benzene rings is 4. The second-order valence-electron chi connectivity index (χ2n) is 11.3. The van der Waals surface area contributed by atoms with E-state index in [1.165, 1.54) is 6.07 Å². The first kappa shape index (κ1) is 25.0. The molecule has 2 nitrogen and oxygen atoms in total. The number of hydrogen-bond acceptors (Lipinski definition) is 1. The topological polar surface area (TPSA) is 17.0 Å². The Morgan fingerprint density at radius 2 is 1.26 bits per heavy atom. The van der Waals surface area contributed by atoms with Gasteiger partial charge < -0.3 is 4.42 Å². The molecule has 2 heterocycles. The Labute approximate surface area is 227 Å². The smallest absolute Gasteiger partial charge is 0.219 e. The maximum Gasteiger partial charge on any atom is 0.219 e. The minimum Gasteiger partial charge on any atom is -0.454 e. The summed E-state index contributed by atoms with van der Waals surface area (Å²) in [5.41, 5.74) is 7.20. The zero-order valence-electron chi connectivity index (χ0n) is 22.8. The van der Waals surface area contributed by atoms with Crippen molar-refractivity contribution < 1.29 is 17.8 Å². The molecule has 0 aliphatic heterocycles. The van der Waals surface area contributed by atoms with Gasteiger partial charge in [0.05, 0.1) is 16.7 Å². The zero-order valence-corrected chi connectivity index (χ0v) is 22.8. The van der Waals surface area contributed by atoms with E-state index in [-0.39, 0.29) is 17.0 Å². The minimum atomic E-state index is -0.349. The van der Waals surface area contributed by atoms with Crippen LogP contribution >= 0.6 is 0 Å². The molecule has 0 radical (unpaired) electrons. The second kappa shape index (κ2) is 9.16. The van der Waals surface area contributed by atoms with Gasteiger partial charge in [-0.3, -0.25) is 0 Å². The van der Waals surface area contributed by atoms with E-state index in [1.54, 1.807) is 12.1 Å². The molecule has 0 aliphatic rings. The average Bonchev–Trinajstić information content (AvgIpc) is 3.28. The highest BCUT2D eigenvalue weighted by Crippen LogP contribution is 2.42. The number of nitrogens with zero attached hydrogens (tertiary/aromatic N) is 1. The molecule has 6 rings (SSSR count). The van der Waals surface area contributed by atoms with Crippen molar-refractivity contribution in [2.45, 2.75) is 33.1 Å². The van der Waals surface area contributed by atoms with E-state index in [0.29, 0.717) is 28.0 Å². The molecule has 6 aromatic rings. The Morgan fingerprint density at radius 1 is 0.667 bits per heavy atom. The van der Waals surface area contributed by atoms with E-state index in [4.69, 9.17) is 4.42 Å². The van der Waals surface area contributed by atoms with Crippen LogP contribution < -0.4 is 4.57 Å². The number of halogens is 2. The van der Waals surface area contributed by atoms with Gasteiger partial charge in [0.1, 0.15) is 29.8 Å². The van der Waals surface area contributed by atoms with Gasteiger partial charge in [-0.05, 0) is 46.7 Å². The van der Waals surface area contributed by atoms with Crippen molar-refractivity contribution in [3.8, 4) is 33.5 Å². The minimum absolute atomic E-state index is 0.256. The molecule has 39 heavy (non-hydrogen) atoms. The quantitative estimate of drug-likeness (QED) is 0.213. The molecule has 0 amide bonds. The van der Waals surface area contributed by atoms with Crippen LogP contribution in [0.25, 0.3) is 55.4 Å². The molecule has 0 saturated heterocycles. The fraction of sp³-hybridized carbons (Fsp3) is 0.171. The summed E-state index contributed by atoms with van der Waals surface area (Å²) in [7, 11) is 1.92. The van der Waals surface area contributed by atoms with E-state index < -0.39 is 0 Å². The summed E-state index contributed by atoms with van der Waals surface area (Å²) in [6, 6.07) is 26.8. The lowest BCUT2D eigenvalue weighted by molar-refractivity contribution is -0.661. The highest BCUT2D eigenvalue weighted by atomic mass is 19.1. The molecule has 4 heteroatoms. The summed E-state index contributed by atoms with van der Waals surface area (Å²) in [4.78, 5) is 0. The summed E-state index contributed by atoms with van der Waals surface area (Å²) in [5, 5.41) is 1.69. The number of fused-ring (bicyclic) bond motifs is 3. The molecule has 194 valence electrons. The predicted octanol–water partition coefficient (Wildman–Crippen LogP) is 9.30. The van der Waals surface area contributed by atoms with Crippen molar-refractivity contribution in [1.82, 2.24) is 0 Å². The Morgan fingerprint density at radius 3 is 1.92 bits per heavy atom. The fourth-order valence-electron chi connectivity index (χ4n) is 5.45. The number of aryl methyl sites for hydroxylation is 2.